The first-order chi connectivity index (χ1) is 17.0. The number of fused-ring (bicyclic) bond motifs is 3. The molecule has 3 rings (SSSR count). The lowest BCUT2D eigenvalue weighted by atomic mass is 9.72. The minimum atomic E-state index is -2.42. The van der Waals surface area contributed by atoms with Crippen molar-refractivity contribution in [3.8, 4) is 0 Å². The van der Waals surface area contributed by atoms with Gasteiger partial charge in [0.2, 0.25) is 0 Å². The van der Waals surface area contributed by atoms with Crippen LogP contribution in [0, 0.1) is 23.7 Å². The van der Waals surface area contributed by atoms with Crippen LogP contribution >= 0.6 is 0 Å². The van der Waals surface area contributed by atoms with Crippen molar-refractivity contribution in [3.63, 3.8) is 0 Å². The Bertz CT molecular complexity index is 986. The Balaban J connectivity index is 2.15. The summed E-state index contributed by atoms with van der Waals surface area (Å²) in [6, 6.07) is 0. The van der Waals surface area contributed by atoms with Crippen molar-refractivity contribution in [3.05, 3.63) is 11.6 Å². The zero-order valence-electron chi connectivity index (χ0n) is 22.9. The highest BCUT2D eigenvalue weighted by Gasteiger charge is 2.76. The molecule has 0 aromatic carbocycles. The van der Waals surface area contributed by atoms with Crippen molar-refractivity contribution in [2.45, 2.75) is 110 Å². The molecule has 2 N–H and O–H groups in total. The maximum Gasteiger partial charge on any atom is 0.341 e. The maximum absolute atomic E-state index is 12.9. The molecule has 0 amide bonds. The van der Waals surface area contributed by atoms with Gasteiger partial charge in [-0.25, -0.2) is 9.59 Å². The van der Waals surface area contributed by atoms with Crippen LogP contribution in [0.15, 0.2) is 11.6 Å². The largest absolute Gasteiger partial charge is 0.459 e. The van der Waals surface area contributed by atoms with Crippen LogP contribution in [-0.4, -0.2) is 69.2 Å². The van der Waals surface area contributed by atoms with E-state index in [4.69, 9.17) is 18.9 Å². The Labute approximate surface area is 217 Å². The number of carbonyl (C=O) groups is 4. The monoisotopic (exact) mass is 524 g/mol. The summed E-state index contributed by atoms with van der Waals surface area (Å²) in [5, 5.41) is 23.4. The fraction of sp³-hybridized carbons (Fsp3) is 0.778. The van der Waals surface area contributed by atoms with Crippen LogP contribution in [0.1, 0.15) is 74.7 Å². The minimum Gasteiger partial charge on any atom is -0.459 e. The molecule has 208 valence electrons. The van der Waals surface area contributed by atoms with Gasteiger partial charge >= 0.3 is 23.9 Å². The van der Waals surface area contributed by atoms with Crippen LogP contribution < -0.4 is 0 Å². The van der Waals surface area contributed by atoms with Gasteiger partial charge in [-0.2, -0.15) is 0 Å². The molecule has 37 heavy (non-hydrogen) atoms. The van der Waals surface area contributed by atoms with E-state index in [0.717, 1.165) is 6.92 Å². The molecule has 1 saturated heterocycles. The van der Waals surface area contributed by atoms with Gasteiger partial charge in [-0.05, 0) is 40.5 Å². The van der Waals surface area contributed by atoms with E-state index in [1.165, 1.54) is 6.92 Å². The van der Waals surface area contributed by atoms with Gasteiger partial charge in [0.15, 0.2) is 11.2 Å². The Morgan fingerprint density at radius 2 is 1.81 bits per heavy atom. The van der Waals surface area contributed by atoms with Gasteiger partial charge < -0.3 is 29.2 Å². The van der Waals surface area contributed by atoms with E-state index in [0.29, 0.717) is 12.0 Å². The third-order valence-electron chi connectivity index (χ3n) is 8.87. The maximum atomic E-state index is 12.9. The van der Waals surface area contributed by atoms with Gasteiger partial charge in [0.25, 0.3) is 0 Å². The SMILES string of the molecule is CC=C(C)C(=O)O[C@H]1C[C@H]2[C@@H]([C@H]1C)[C@@H]1OC(=O)[C@@](C)(O)[C@@]1(O)[C@@H](OC(=O)[C@@H](C)CC)C[C@]2(C)OC(C)=O. The van der Waals surface area contributed by atoms with E-state index in [-0.39, 0.29) is 12.8 Å². The summed E-state index contributed by atoms with van der Waals surface area (Å²) in [5.74, 6) is -4.97. The fourth-order valence-corrected chi connectivity index (χ4v) is 6.19. The summed E-state index contributed by atoms with van der Waals surface area (Å²) in [6.45, 7) is 12.7. The third kappa shape index (κ3) is 4.67. The molecule has 10 nitrogen and oxygen atoms in total. The van der Waals surface area contributed by atoms with Crippen molar-refractivity contribution in [1.29, 1.82) is 0 Å². The number of aliphatic hydroxyl groups is 2. The molecular weight excluding hydrogens is 484 g/mol. The fourth-order valence-electron chi connectivity index (χ4n) is 6.19. The van der Waals surface area contributed by atoms with E-state index in [2.05, 4.69) is 0 Å². The predicted molar refractivity (Wildman–Crippen MR) is 130 cm³/mol. The summed E-state index contributed by atoms with van der Waals surface area (Å²) in [4.78, 5) is 50.6. The average molecular weight is 525 g/mol. The summed E-state index contributed by atoms with van der Waals surface area (Å²) >= 11 is 0. The molecule has 0 aromatic rings. The molecular formula is C27H40O10. The molecule has 0 unspecified atom stereocenters. The van der Waals surface area contributed by atoms with Gasteiger partial charge in [0, 0.05) is 36.7 Å². The molecule has 3 aliphatic rings. The number of rotatable bonds is 6. The lowest BCUT2D eigenvalue weighted by molar-refractivity contribution is -0.216. The van der Waals surface area contributed by atoms with Crippen LogP contribution in [0.2, 0.25) is 0 Å². The molecule has 0 radical (unpaired) electrons. The first-order valence-electron chi connectivity index (χ1n) is 12.9. The number of hydrogen-bond acceptors (Lipinski definition) is 10. The summed E-state index contributed by atoms with van der Waals surface area (Å²) in [7, 11) is 0. The smallest absolute Gasteiger partial charge is 0.341 e. The summed E-state index contributed by atoms with van der Waals surface area (Å²) in [5.41, 5.74) is -5.64. The highest BCUT2D eigenvalue weighted by atomic mass is 16.6. The van der Waals surface area contributed by atoms with E-state index >= 15 is 0 Å². The number of carbonyl (C=O) groups excluding carboxylic acids is 4. The summed E-state index contributed by atoms with van der Waals surface area (Å²) < 4.78 is 23.0. The second kappa shape index (κ2) is 10.0. The van der Waals surface area contributed by atoms with Gasteiger partial charge in [0.05, 0.1) is 5.92 Å². The molecule has 10 heteroatoms. The topological polar surface area (TPSA) is 146 Å². The third-order valence-corrected chi connectivity index (χ3v) is 8.87. The van der Waals surface area contributed by atoms with E-state index in [1.807, 2.05) is 0 Å². The predicted octanol–water partition coefficient (Wildman–Crippen LogP) is 2.23. The molecule has 1 aliphatic heterocycles. The Hall–Kier alpha value is -2.46. The lowest BCUT2D eigenvalue weighted by Crippen LogP contribution is -2.65. The second-order valence-electron chi connectivity index (χ2n) is 11.3. The first kappa shape index (κ1) is 29.1. The Morgan fingerprint density at radius 3 is 2.35 bits per heavy atom. The number of hydrogen-bond donors (Lipinski definition) is 2. The van der Waals surface area contributed by atoms with Crippen LogP contribution in [0.4, 0.5) is 0 Å². The van der Waals surface area contributed by atoms with Crippen LogP contribution in [0.5, 0.6) is 0 Å². The normalized spacial score (nSPS) is 42.1. The van der Waals surface area contributed by atoms with Crippen LogP contribution in [-0.2, 0) is 38.1 Å². The molecule has 0 spiro atoms. The molecule has 0 aromatic heterocycles. The number of ether oxygens (including phenoxy) is 4. The van der Waals surface area contributed by atoms with E-state index < -0.39 is 82.7 Å². The Morgan fingerprint density at radius 1 is 1.19 bits per heavy atom. The van der Waals surface area contributed by atoms with Crippen molar-refractivity contribution in [2.75, 3.05) is 0 Å². The van der Waals surface area contributed by atoms with Crippen molar-refractivity contribution >= 4 is 23.9 Å². The minimum absolute atomic E-state index is 0.197. The molecule has 3 fully saturated rings. The highest BCUT2D eigenvalue weighted by molar-refractivity contribution is 5.87. The Kier molecular flexibility index (Phi) is 7.88. The van der Waals surface area contributed by atoms with Gasteiger partial charge in [-0.15, -0.1) is 0 Å². The van der Waals surface area contributed by atoms with Crippen LogP contribution in [0.3, 0.4) is 0 Å². The average Bonchev–Trinajstić information content (AvgIpc) is 3.20. The number of esters is 4. The zero-order chi connectivity index (χ0) is 28.1. The second-order valence-corrected chi connectivity index (χ2v) is 11.3. The van der Waals surface area contributed by atoms with Crippen molar-refractivity contribution in [2.24, 2.45) is 23.7 Å². The van der Waals surface area contributed by atoms with Crippen molar-refractivity contribution < 1.29 is 48.3 Å². The molecule has 2 saturated carbocycles. The molecule has 2 aliphatic carbocycles. The van der Waals surface area contributed by atoms with E-state index in [9.17, 15) is 29.4 Å². The summed E-state index contributed by atoms with van der Waals surface area (Å²) in [6.07, 6.45) is -1.22. The van der Waals surface area contributed by atoms with Gasteiger partial charge in [0.1, 0.15) is 23.9 Å². The first-order valence-corrected chi connectivity index (χ1v) is 12.9. The van der Waals surface area contributed by atoms with Crippen molar-refractivity contribution in [1.82, 2.24) is 0 Å². The van der Waals surface area contributed by atoms with Crippen LogP contribution in [0.25, 0.3) is 0 Å². The molecule has 10 atom stereocenters. The van der Waals surface area contributed by atoms with Gasteiger partial charge in [-0.1, -0.05) is 26.8 Å². The highest BCUT2D eigenvalue weighted by Crippen LogP contribution is 2.59. The standard InChI is InChI=1S/C27H40O10/c1-9-13(3)22(29)34-18-11-17-20(15(18)5)21-27(33,26(8,32)24(31)36-21)19(35-23(30)14(4)10-2)12-25(17,7)37-16(6)28/h9,14-15,17-21,32-33H,10-12H2,1-8H3/t14-,15-,17-,18-,19-,20+,21-,25-,26+,27+/m0/s1. The molecule has 1 heterocycles. The zero-order valence-corrected chi connectivity index (χ0v) is 22.9. The van der Waals surface area contributed by atoms with E-state index in [1.54, 1.807) is 47.6 Å². The molecule has 0 bridgehead atoms. The quantitative estimate of drug-likeness (QED) is 0.301. The van der Waals surface area contributed by atoms with Gasteiger partial charge in [-0.3, -0.25) is 9.59 Å². The number of allylic oxidation sites excluding steroid dienone is 1. The lowest BCUT2D eigenvalue weighted by Gasteiger charge is -2.42.